The van der Waals surface area contributed by atoms with Gasteiger partial charge in [0, 0.05) is 95.2 Å². The highest BCUT2D eigenvalue weighted by molar-refractivity contribution is 5.83. The Morgan fingerprint density at radius 2 is 1.48 bits per heavy atom. The summed E-state index contributed by atoms with van der Waals surface area (Å²) in [5, 5.41) is 22.0. The van der Waals surface area contributed by atoms with E-state index in [1.165, 1.54) is 0 Å². The van der Waals surface area contributed by atoms with Gasteiger partial charge in [0.15, 0.2) is 0 Å². The number of hydrogen-bond donors (Lipinski definition) is 0. The zero-order chi connectivity index (χ0) is 39.2. The highest BCUT2D eigenvalue weighted by Crippen LogP contribution is 2.35. The molecule has 6 heterocycles. The molecule has 0 bridgehead atoms. The van der Waals surface area contributed by atoms with E-state index >= 15 is 0 Å². The van der Waals surface area contributed by atoms with E-state index in [9.17, 15) is 14.9 Å². The Morgan fingerprint density at radius 1 is 0.839 bits per heavy atom. The lowest BCUT2D eigenvalue weighted by Gasteiger charge is -2.34. The number of nitriles is 1. The van der Waals surface area contributed by atoms with E-state index < -0.39 is 0 Å². The highest BCUT2D eigenvalue weighted by atomic mass is 16.2. The van der Waals surface area contributed by atoms with Gasteiger partial charge in [-0.15, -0.1) is 0 Å². The molecule has 0 aliphatic carbocycles. The normalized spacial score (nSPS) is 20.4. The van der Waals surface area contributed by atoms with E-state index in [1.54, 1.807) is 22.4 Å². The number of piperidine rings is 2. The zero-order valence-corrected chi connectivity index (χ0v) is 32.3. The molecule has 2 atom stereocenters. The van der Waals surface area contributed by atoms with Crippen LogP contribution in [0.5, 0.6) is 0 Å². The number of benzene rings is 1. The van der Waals surface area contributed by atoms with Crippen molar-refractivity contribution in [3.8, 4) is 17.3 Å². The molecule has 56 heavy (non-hydrogen) atoms. The molecular formula is C42H48N12O2. The number of anilines is 3. The second-order valence-corrected chi connectivity index (χ2v) is 14.7. The van der Waals surface area contributed by atoms with Crippen LogP contribution in [0, 0.1) is 23.2 Å². The molecule has 3 aromatic rings. The van der Waals surface area contributed by atoms with Crippen LogP contribution in [0.1, 0.15) is 62.9 Å². The maximum atomic E-state index is 13.8. The van der Waals surface area contributed by atoms with Crippen LogP contribution in [0.4, 0.5) is 17.6 Å². The molecule has 0 radical (unpaired) electrons. The average Bonchev–Trinajstić information content (AvgIpc) is 3.95. The van der Waals surface area contributed by atoms with Crippen LogP contribution >= 0.6 is 0 Å². The van der Waals surface area contributed by atoms with Gasteiger partial charge in [-0.3, -0.25) is 9.59 Å². The standard InChI is InChI=1S/C42H48N12O2/c1-5-6-7-8-29(2)35-13-21-45-53(35)40(55)32-18-25-52(26-19-32)39-27-34(47-37(28-43)48-39)30-9-11-31(12-10-30)36-14-22-46-54(36)41(56)33-16-23-51(24-17-33)38-15-20-44-42(49-38)50(3)4/h5-12,15,20-22,27,32-33,35-36H,2,13-14,16-19,23-26H2,1,3-4H3/b6-5-,8-7-/t35-,36-/m0/s1. The van der Waals surface area contributed by atoms with Crippen LogP contribution in [0.15, 0.2) is 89.3 Å². The smallest absolute Gasteiger partial charge is 0.246 e. The van der Waals surface area contributed by atoms with Crippen LogP contribution in [-0.4, -0.2) is 101 Å². The van der Waals surface area contributed by atoms with Gasteiger partial charge in [0.25, 0.3) is 0 Å². The molecule has 0 spiro atoms. The van der Waals surface area contributed by atoms with Gasteiger partial charge < -0.3 is 14.7 Å². The summed E-state index contributed by atoms with van der Waals surface area (Å²) in [6.07, 6.45) is 17.2. The number of hydrogen-bond acceptors (Lipinski definition) is 12. The fraction of sp³-hybridized carbons (Fsp3) is 0.405. The molecule has 0 saturated carbocycles. The Morgan fingerprint density at radius 3 is 2.14 bits per heavy atom. The van der Waals surface area contributed by atoms with Crippen LogP contribution in [0.25, 0.3) is 11.3 Å². The summed E-state index contributed by atoms with van der Waals surface area (Å²) < 4.78 is 0. The molecule has 4 aliphatic heterocycles. The second-order valence-electron chi connectivity index (χ2n) is 14.7. The molecule has 1 aromatic carbocycles. The third kappa shape index (κ3) is 8.22. The van der Waals surface area contributed by atoms with Crippen LogP contribution < -0.4 is 14.7 Å². The van der Waals surface area contributed by atoms with Crippen LogP contribution in [-0.2, 0) is 9.59 Å². The summed E-state index contributed by atoms with van der Waals surface area (Å²) in [4.78, 5) is 51.7. The zero-order valence-electron chi connectivity index (χ0n) is 32.3. The molecule has 0 unspecified atom stereocenters. The second kappa shape index (κ2) is 17.1. The predicted octanol–water partition coefficient (Wildman–Crippen LogP) is 5.54. The van der Waals surface area contributed by atoms with Gasteiger partial charge in [0.1, 0.15) is 17.7 Å². The number of allylic oxidation sites excluding steroid dienone is 3. The molecule has 2 fully saturated rings. The van der Waals surface area contributed by atoms with E-state index in [-0.39, 0.29) is 41.6 Å². The van der Waals surface area contributed by atoms with E-state index in [4.69, 9.17) is 0 Å². The summed E-state index contributed by atoms with van der Waals surface area (Å²) >= 11 is 0. The van der Waals surface area contributed by atoms with Crippen LogP contribution in [0.2, 0.25) is 0 Å². The molecular weight excluding hydrogens is 705 g/mol. The van der Waals surface area contributed by atoms with Gasteiger partial charge in [-0.25, -0.2) is 25.0 Å². The largest absolute Gasteiger partial charge is 0.356 e. The summed E-state index contributed by atoms with van der Waals surface area (Å²) in [5.74, 6) is 2.06. The first-order valence-corrected chi connectivity index (χ1v) is 19.3. The topological polar surface area (TPSA) is 150 Å². The molecule has 288 valence electrons. The molecule has 14 heteroatoms. The van der Waals surface area contributed by atoms with E-state index in [2.05, 4.69) is 52.6 Å². The Bertz CT molecular complexity index is 2090. The number of aromatic nitrogens is 4. The molecule has 4 aliphatic rings. The third-order valence-corrected chi connectivity index (χ3v) is 10.9. The van der Waals surface area contributed by atoms with Crippen molar-refractivity contribution in [1.82, 2.24) is 30.0 Å². The first-order chi connectivity index (χ1) is 27.2. The SMILES string of the molecule is C=C(/C=C\C=C/C)[C@@H]1CC=NN1C(=O)C1CCN(c2cc(-c3ccc([C@@H]4CC=NN4C(=O)C4CCN(c5ccnc(N(C)C)n5)CC4)cc3)nc(C#N)n2)CC1. The first kappa shape index (κ1) is 38.1. The predicted molar refractivity (Wildman–Crippen MR) is 218 cm³/mol. The number of carbonyl (C=O) groups excluding carboxylic acids is 2. The van der Waals surface area contributed by atoms with Crippen molar-refractivity contribution >= 4 is 41.8 Å². The molecule has 0 N–H and O–H groups in total. The van der Waals surface area contributed by atoms with Crippen molar-refractivity contribution in [1.29, 1.82) is 5.26 Å². The number of rotatable bonds is 10. The summed E-state index contributed by atoms with van der Waals surface area (Å²) in [5.41, 5.74) is 3.31. The van der Waals surface area contributed by atoms with Crippen molar-refractivity contribution < 1.29 is 9.59 Å². The number of hydrazone groups is 2. The number of carbonyl (C=O) groups is 2. The van der Waals surface area contributed by atoms with Crippen molar-refractivity contribution in [2.24, 2.45) is 22.0 Å². The summed E-state index contributed by atoms with van der Waals surface area (Å²) in [6.45, 7) is 8.84. The quantitative estimate of drug-likeness (QED) is 0.242. The molecule has 2 aromatic heterocycles. The Kier molecular flexibility index (Phi) is 11.6. The van der Waals surface area contributed by atoms with Crippen molar-refractivity contribution in [3.05, 3.63) is 90.4 Å². The van der Waals surface area contributed by atoms with E-state index in [1.807, 2.05) is 92.8 Å². The fourth-order valence-corrected chi connectivity index (χ4v) is 7.72. The van der Waals surface area contributed by atoms with Gasteiger partial charge in [-0.1, -0.05) is 55.1 Å². The Balaban J connectivity index is 0.971. The Hall–Kier alpha value is -6.23. The lowest BCUT2D eigenvalue weighted by atomic mass is 9.94. The lowest BCUT2D eigenvalue weighted by molar-refractivity contribution is -0.138. The minimum atomic E-state index is -0.187. The van der Waals surface area contributed by atoms with Crippen LogP contribution in [0.3, 0.4) is 0 Å². The van der Waals surface area contributed by atoms with Gasteiger partial charge in [0.05, 0.1) is 17.8 Å². The van der Waals surface area contributed by atoms with Gasteiger partial charge in [-0.05, 0) is 49.8 Å². The maximum Gasteiger partial charge on any atom is 0.246 e. The highest BCUT2D eigenvalue weighted by Gasteiger charge is 2.36. The summed E-state index contributed by atoms with van der Waals surface area (Å²) in [6, 6.07) is 13.6. The first-order valence-electron chi connectivity index (χ1n) is 19.3. The number of nitrogens with zero attached hydrogens (tertiary/aromatic N) is 12. The fourth-order valence-electron chi connectivity index (χ4n) is 7.72. The van der Waals surface area contributed by atoms with Crippen molar-refractivity contribution in [2.45, 2.75) is 57.5 Å². The third-order valence-electron chi connectivity index (χ3n) is 10.9. The minimum absolute atomic E-state index is 0.0147. The van der Waals surface area contributed by atoms with E-state index in [0.717, 1.165) is 48.4 Å². The van der Waals surface area contributed by atoms with Gasteiger partial charge in [-0.2, -0.15) is 20.4 Å². The monoisotopic (exact) mass is 752 g/mol. The molecule has 2 saturated heterocycles. The van der Waals surface area contributed by atoms with Crippen molar-refractivity contribution in [3.63, 3.8) is 0 Å². The molecule has 14 nitrogen and oxygen atoms in total. The minimum Gasteiger partial charge on any atom is -0.356 e. The summed E-state index contributed by atoms with van der Waals surface area (Å²) in [7, 11) is 3.84. The lowest BCUT2D eigenvalue weighted by Crippen LogP contribution is -2.43. The number of amides is 2. The maximum absolute atomic E-state index is 13.8. The van der Waals surface area contributed by atoms with E-state index in [0.29, 0.717) is 56.2 Å². The van der Waals surface area contributed by atoms with Crippen molar-refractivity contribution in [2.75, 3.05) is 55.0 Å². The molecule has 7 rings (SSSR count). The molecule has 2 amide bonds. The Labute approximate surface area is 328 Å². The van der Waals surface area contributed by atoms with Gasteiger partial charge in [0.2, 0.25) is 23.6 Å². The average molecular weight is 753 g/mol. The van der Waals surface area contributed by atoms with Gasteiger partial charge >= 0.3 is 0 Å².